The molecule has 0 saturated heterocycles. The fraction of sp³-hybridized carbons (Fsp3) is 0.222. The molecular weight excluding hydrogens is 307 g/mol. The number of nitrogens with zero attached hydrogens (tertiary/aromatic N) is 3. The molecule has 0 aliphatic rings. The molecule has 2 aromatic heterocycles. The van der Waals surface area contributed by atoms with E-state index in [4.69, 9.17) is 0 Å². The van der Waals surface area contributed by atoms with Crippen molar-refractivity contribution in [2.24, 2.45) is 0 Å². The molecule has 6 heteroatoms. The summed E-state index contributed by atoms with van der Waals surface area (Å²) in [6.45, 7) is 1.77. The molecule has 0 aliphatic heterocycles. The maximum Gasteiger partial charge on any atom is 0.177 e. The Morgan fingerprint density at radius 1 is 1.33 bits per heavy atom. The number of aromatic amines is 1. The third kappa shape index (κ3) is 3.01. The largest absolute Gasteiger partial charge is 0.339 e. The number of aromatic nitrogens is 3. The molecule has 0 saturated carbocycles. The molecule has 0 spiro atoms. The highest BCUT2D eigenvalue weighted by Crippen LogP contribution is 2.26. The standard InChI is InChI=1S/C18H15FN4O/c1-11(12-5-2-3-6-14(12)19)9-16(24)13(10-20)17-22-15-7-4-8-21-18(15)23-17/h2-8,11,13H,9H2,1H3,(H,21,22,23). The topological polar surface area (TPSA) is 82.4 Å². The summed E-state index contributed by atoms with van der Waals surface area (Å²) in [6.07, 6.45) is 1.65. The van der Waals surface area contributed by atoms with Crippen molar-refractivity contribution in [2.75, 3.05) is 0 Å². The van der Waals surface area contributed by atoms with Crippen LogP contribution in [0.2, 0.25) is 0 Å². The minimum Gasteiger partial charge on any atom is -0.339 e. The van der Waals surface area contributed by atoms with Gasteiger partial charge in [-0.1, -0.05) is 25.1 Å². The van der Waals surface area contributed by atoms with E-state index in [2.05, 4.69) is 15.0 Å². The predicted molar refractivity (Wildman–Crippen MR) is 86.7 cm³/mol. The van der Waals surface area contributed by atoms with Crippen molar-refractivity contribution < 1.29 is 9.18 Å². The Hall–Kier alpha value is -3.07. The zero-order valence-corrected chi connectivity index (χ0v) is 13.0. The maximum absolute atomic E-state index is 13.8. The first kappa shape index (κ1) is 15.8. The summed E-state index contributed by atoms with van der Waals surface area (Å²) in [5, 5.41) is 9.39. The Morgan fingerprint density at radius 3 is 2.83 bits per heavy atom. The Morgan fingerprint density at radius 2 is 2.12 bits per heavy atom. The number of fused-ring (bicyclic) bond motifs is 1. The van der Waals surface area contributed by atoms with E-state index in [0.717, 1.165) is 0 Å². The zero-order chi connectivity index (χ0) is 17.1. The van der Waals surface area contributed by atoms with Crippen LogP contribution in [0.25, 0.3) is 11.2 Å². The second kappa shape index (κ2) is 6.59. The van der Waals surface area contributed by atoms with Crippen molar-refractivity contribution in [1.82, 2.24) is 15.0 Å². The van der Waals surface area contributed by atoms with Crippen molar-refractivity contribution in [1.29, 1.82) is 5.26 Å². The van der Waals surface area contributed by atoms with Gasteiger partial charge in [0.05, 0.1) is 11.6 Å². The summed E-state index contributed by atoms with van der Waals surface area (Å²) >= 11 is 0. The fourth-order valence-electron chi connectivity index (χ4n) is 2.69. The fourth-order valence-corrected chi connectivity index (χ4v) is 2.69. The van der Waals surface area contributed by atoms with Crippen LogP contribution in [0.5, 0.6) is 0 Å². The van der Waals surface area contributed by atoms with E-state index in [1.807, 2.05) is 6.07 Å². The number of carbonyl (C=O) groups excluding carboxylic acids is 1. The van der Waals surface area contributed by atoms with Crippen molar-refractivity contribution in [3.8, 4) is 6.07 Å². The van der Waals surface area contributed by atoms with Crippen LogP contribution in [-0.2, 0) is 4.79 Å². The Kier molecular flexibility index (Phi) is 4.34. The lowest BCUT2D eigenvalue weighted by atomic mass is 9.90. The van der Waals surface area contributed by atoms with Gasteiger partial charge in [-0.15, -0.1) is 0 Å². The first-order chi connectivity index (χ1) is 11.6. The summed E-state index contributed by atoms with van der Waals surface area (Å²) in [6, 6.07) is 11.9. The molecule has 0 fully saturated rings. The van der Waals surface area contributed by atoms with Crippen molar-refractivity contribution in [2.45, 2.75) is 25.2 Å². The molecule has 2 atom stereocenters. The number of pyridine rings is 1. The van der Waals surface area contributed by atoms with Crippen molar-refractivity contribution >= 4 is 16.9 Å². The first-order valence-electron chi connectivity index (χ1n) is 7.57. The third-order valence-corrected chi connectivity index (χ3v) is 3.94. The van der Waals surface area contributed by atoms with E-state index < -0.39 is 5.92 Å². The lowest BCUT2D eigenvalue weighted by Crippen LogP contribution is -2.15. The summed E-state index contributed by atoms with van der Waals surface area (Å²) in [5.41, 5.74) is 1.60. The molecule has 0 bridgehead atoms. The number of nitrogens with one attached hydrogen (secondary N) is 1. The van der Waals surface area contributed by atoms with Crippen molar-refractivity contribution in [3.05, 3.63) is 59.8 Å². The minimum absolute atomic E-state index is 0.0592. The highest BCUT2D eigenvalue weighted by atomic mass is 19.1. The van der Waals surface area contributed by atoms with Crippen LogP contribution in [0.1, 0.15) is 36.6 Å². The number of benzene rings is 1. The number of nitriles is 1. The Bertz CT molecular complexity index is 895. The first-order valence-corrected chi connectivity index (χ1v) is 7.57. The van der Waals surface area contributed by atoms with E-state index in [9.17, 15) is 14.4 Å². The van der Waals surface area contributed by atoms with Crippen LogP contribution < -0.4 is 0 Å². The summed E-state index contributed by atoms with van der Waals surface area (Å²) in [5.74, 6) is -1.71. The maximum atomic E-state index is 13.8. The Balaban J connectivity index is 1.82. The smallest absolute Gasteiger partial charge is 0.177 e. The quantitative estimate of drug-likeness (QED) is 0.779. The van der Waals surface area contributed by atoms with Gasteiger partial charge in [0.15, 0.2) is 17.3 Å². The summed E-state index contributed by atoms with van der Waals surface area (Å²) < 4.78 is 13.8. The van der Waals surface area contributed by atoms with Crippen LogP contribution >= 0.6 is 0 Å². The summed E-state index contributed by atoms with van der Waals surface area (Å²) in [4.78, 5) is 23.8. The van der Waals surface area contributed by atoms with Gasteiger partial charge < -0.3 is 4.98 Å². The molecule has 0 radical (unpaired) electrons. The molecule has 3 rings (SSSR count). The molecule has 5 nitrogen and oxygen atoms in total. The van der Waals surface area contributed by atoms with E-state index in [0.29, 0.717) is 16.7 Å². The van der Waals surface area contributed by atoms with E-state index >= 15 is 0 Å². The highest BCUT2D eigenvalue weighted by Gasteiger charge is 2.26. The number of carbonyl (C=O) groups is 1. The normalized spacial score (nSPS) is 13.4. The molecule has 2 heterocycles. The number of imidazole rings is 1. The van der Waals surface area contributed by atoms with E-state index in [1.54, 1.807) is 43.5 Å². The molecule has 24 heavy (non-hydrogen) atoms. The molecule has 1 N–H and O–H groups in total. The monoisotopic (exact) mass is 322 g/mol. The van der Waals surface area contributed by atoms with Crippen LogP contribution in [-0.4, -0.2) is 20.7 Å². The van der Waals surface area contributed by atoms with Gasteiger partial charge in [0.25, 0.3) is 0 Å². The Labute approximate surface area is 138 Å². The van der Waals surface area contributed by atoms with Gasteiger partial charge in [-0.25, -0.2) is 14.4 Å². The number of ketones is 1. The van der Waals surface area contributed by atoms with Crippen LogP contribution in [0, 0.1) is 17.1 Å². The number of H-pyrrole nitrogens is 1. The SMILES string of the molecule is CC(CC(=O)C(C#N)c1nc2ncccc2[nH]1)c1ccccc1F. The molecule has 3 aromatic rings. The van der Waals surface area contributed by atoms with Crippen LogP contribution in [0.4, 0.5) is 4.39 Å². The number of Topliss-reactive ketones (excluding diaryl/α,β-unsaturated/α-hetero) is 1. The molecular formula is C18H15FN4O. The lowest BCUT2D eigenvalue weighted by Gasteiger charge is -2.13. The van der Waals surface area contributed by atoms with Crippen LogP contribution in [0.15, 0.2) is 42.6 Å². The number of rotatable bonds is 5. The van der Waals surface area contributed by atoms with Gasteiger partial charge in [0.2, 0.25) is 0 Å². The average molecular weight is 322 g/mol. The van der Waals surface area contributed by atoms with Crippen LogP contribution in [0.3, 0.4) is 0 Å². The number of halogens is 1. The molecule has 2 unspecified atom stereocenters. The zero-order valence-electron chi connectivity index (χ0n) is 13.0. The van der Waals surface area contributed by atoms with E-state index in [1.165, 1.54) is 6.07 Å². The molecule has 1 aromatic carbocycles. The molecule has 0 aliphatic carbocycles. The number of hydrogen-bond donors (Lipinski definition) is 1. The second-order valence-corrected chi connectivity index (χ2v) is 5.65. The number of hydrogen-bond acceptors (Lipinski definition) is 4. The van der Waals surface area contributed by atoms with Gasteiger partial charge in [0, 0.05) is 12.6 Å². The highest BCUT2D eigenvalue weighted by molar-refractivity contribution is 5.89. The predicted octanol–water partition coefficient (Wildman–Crippen LogP) is 3.47. The lowest BCUT2D eigenvalue weighted by molar-refractivity contribution is -0.119. The second-order valence-electron chi connectivity index (χ2n) is 5.65. The average Bonchev–Trinajstić information content (AvgIpc) is 2.99. The van der Waals surface area contributed by atoms with E-state index in [-0.39, 0.29) is 29.8 Å². The van der Waals surface area contributed by atoms with Gasteiger partial charge in [-0.2, -0.15) is 5.26 Å². The van der Waals surface area contributed by atoms with Gasteiger partial charge in [-0.05, 0) is 29.7 Å². The minimum atomic E-state index is -1.02. The molecule has 120 valence electrons. The summed E-state index contributed by atoms with van der Waals surface area (Å²) in [7, 11) is 0. The molecule has 0 amide bonds. The van der Waals surface area contributed by atoms with Gasteiger partial charge in [-0.3, -0.25) is 4.79 Å². The van der Waals surface area contributed by atoms with Gasteiger partial charge >= 0.3 is 0 Å². The van der Waals surface area contributed by atoms with Gasteiger partial charge in [0.1, 0.15) is 11.6 Å². The third-order valence-electron chi connectivity index (χ3n) is 3.94. The van der Waals surface area contributed by atoms with Crippen molar-refractivity contribution in [3.63, 3.8) is 0 Å².